The molecule has 1 unspecified atom stereocenters. The standard InChI is InChI=1S/C19H24N2O4/c22-17-7-4-10-21(17)12-16(13-5-2-1-3-6-13)20-18(23)14-8-9-15(11-14)19(24)25/h1-3,5-6,14-16H,4,7-12H2,(H,20,23)(H,24,25)/t14-,15+,16?/m0/s1. The number of rotatable bonds is 6. The number of carbonyl (C=O) groups is 3. The number of hydrogen-bond acceptors (Lipinski definition) is 3. The molecule has 1 heterocycles. The average molecular weight is 344 g/mol. The van der Waals surface area contributed by atoms with Crippen molar-refractivity contribution < 1.29 is 19.5 Å². The molecule has 0 bridgehead atoms. The summed E-state index contributed by atoms with van der Waals surface area (Å²) in [6.45, 7) is 1.19. The smallest absolute Gasteiger partial charge is 0.306 e. The molecule has 1 aromatic carbocycles. The highest BCUT2D eigenvalue weighted by Gasteiger charge is 2.35. The first kappa shape index (κ1) is 17.5. The van der Waals surface area contributed by atoms with Crippen molar-refractivity contribution in [3.8, 4) is 0 Å². The van der Waals surface area contributed by atoms with Crippen molar-refractivity contribution in [1.82, 2.24) is 10.2 Å². The monoisotopic (exact) mass is 344 g/mol. The Morgan fingerprint density at radius 1 is 1.20 bits per heavy atom. The van der Waals surface area contributed by atoms with Crippen LogP contribution in [0.25, 0.3) is 0 Å². The van der Waals surface area contributed by atoms with Gasteiger partial charge in [-0.1, -0.05) is 30.3 Å². The summed E-state index contributed by atoms with van der Waals surface area (Å²) in [5.74, 6) is -1.49. The number of hydrogen-bond donors (Lipinski definition) is 2. The first-order valence-electron chi connectivity index (χ1n) is 8.90. The van der Waals surface area contributed by atoms with Crippen molar-refractivity contribution in [2.75, 3.05) is 13.1 Å². The number of carbonyl (C=O) groups excluding carboxylic acids is 2. The molecule has 1 aromatic rings. The van der Waals surface area contributed by atoms with Gasteiger partial charge in [0, 0.05) is 25.4 Å². The maximum Gasteiger partial charge on any atom is 0.306 e. The minimum atomic E-state index is -0.822. The first-order valence-corrected chi connectivity index (χ1v) is 8.90. The predicted octanol–water partition coefficient (Wildman–Crippen LogP) is 1.97. The molecule has 0 spiro atoms. The number of amides is 2. The fraction of sp³-hybridized carbons (Fsp3) is 0.526. The van der Waals surface area contributed by atoms with Gasteiger partial charge in [-0.2, -0.15) is 0 Å². The van der Waals surface area contributed by atoms with Crippen LogP contribution in [0.3, 0.4) is 0 Å². The van der Waals surface area contributed by atoms with E-state index in [0.29, 0.717) is 32.2 Å². The third-order valence-corrected chi connectivity index (χ3v) is 5.25. The lowest BCUT2D eigenvalue weighted by atomic mass is 10.0. The topological polar surface area (TPSA) is 86.7 Å². The minimum Gasteiger partial charge on any atom is -0.481 e. The molecule has 2 fully saturated rings. The van der Waals surface area contributed by atoms with Crippen LogP contribution in [0.2, 0.25) is 0 Å². The molecule has 6 heteroatoms. The molecule has 1 aliphatic carbocycles. The van der Waals surface area contributed by atoms with E-state index in [4.69, 9.17) is 5.11 Å². The second kappa shape index (κ2) is 7.68. The molecule has 2 amide bonds. The zero-order valence-electron chi connectivity index (χ0n) is 14.2. The Labute approximate surface area is 147 Å². The molecule has 134 valence electrons. The highest BCUT2D eigenvalue weighted by molar-refractivity contribution is 5.81. The predicted molar refractivity (Wildman–Crippen MR) is 91.6 cm³/mol. The number of carboxylic acids is 1. The van der Waals surface area contributed by atoms with Crippen molar-refractivity contribution in [3.05, 3.63) is 35.9 Å². The Kier molecular flexibility index (Phi) is 5.36. The molecule has 3 rings (SSSR count). The summed E-state index contributed by atoms with van der Waals surface area (Å²) in [4.78, 5) is 37.5. The second-order valence-electron chi connectivity index (χ2n) is 6.96. The number of likely N-dealkylation sites (tertiary alicyclic amines) is 1. The van der Waals surface area contributed by atoms with E-state index in [0.717, 1.165) is 18.5 Å². The number of nitrogens with zero attached hydrogens (tertiary/aromatic N) is 1. The zero-order valence-corrected chi connectivity index (χ0v) is 14.2. The van der Waals surface area contributed by atoms with E-state index in [1.165, 1.54) is 0 Å². The fourth-order valence-electron chi connectivity index (χ4n) is 3.77. The van der Waals surface area contributed by atoms with Gasteiger partial charge in [0.2, 0.25) is 11.8 Å². The van der Waals surface area contributed by atoms with Gasteiger partial charge in [-0.3, -0.25) is 14.4 Å². The summed E-state index contributed by atoms with van der Waals surface area (Å²) in [5.41, 5.74) is 0.961. The van der Waals surface area contributed by atoms with E-state index in [2.05, 4.69) is 5.32 Å². The van der Waals surface area contributed by atoms with Crippen molar-refractivity contribution in [3.63, 3.8) is 0 Å². The van der Waals surface area contributed by atoms with Crippen LogP contribution in [0.5, 0.6) is 0 Å². The van der Waals surface area contributed by atoms with Gasteiger partial charge in [0.25, 0.3) is 0 Å². The molecule has 6 nitrogen and oxygen atoms in total. The first-order chi connectivity index (χ1) is 12.0. The molecule has 0 aromatic heterocycles. The Morgan fingerprint density at radius 2 is 1.92 bits per heavy atom. The molecule has 2 aliphatic rings. The fourth-order valence-corrected chi connectivity index (χ4v) is 3.77. The minimum absolute atomic E-state index is 0.107. The summed E-state index contributed by atoms with van der Waals surface area (Å²) < 4.78 is 0. The van der Waals surface area contributed by atoms with Gasteiger partial charge in [0.15, 0.2) is 0 Å². The third kappa shape index (κ3) is 4.18. The molecule has 2 N–H and O–H groups in total. The molecule has 25 heavy (non-hydrogen) atoms. The van der Waals surface area contributed by atoms with Gasteiger partial charge in [0.05, 0.1) is 12.0 Å². The molecule has 1 aliphatic heterocycles. The van der Waals surface area contributed by atoms with Gasteiger partial charge >= 0.3 is 5.97 Å². The molecular formula is C19H24N2O4. The van der Waals surface area contributed by atoms with Crippen molar-refractivity contribution in [2.45, 2.75) is 38.1 Å². The maximum absolute atomic E-state index is 12.6. The lowest BCUT2D eigenvalue weighted by molar-refractivity contribution is -0.141. The van der Waals surface area contributed by atoms with E-state index >= 15 is 0 Å². The van der Waals surface area contributed by atoms with Gasteiger partial charge in [-0.25, -0.2) is 0 Å². The normalized spacial score (nSPS) is 24.3. The Bertz CT molecular complexity index is 646. The van der Waals surface area contributed by atoms with Crippen LogP contribution in [-0.2, 0) is 14.4 Å². The highest BCUT2D eigenvalue weighted by atomic mass is 16.4. The largest absolute Gasteiger partial charge is 0.481 e. The Balaban J connectivity index is 1.68. The molecule has 1 saturated heterocycles. The SMILES string of the molecule is O=C(O)[C@@H]1CC[C@H](C(=O)NC(CN2CCCC2=O)c2ccccc2)C1. The summed E-state index contributed by atoms with van der Waals surface area (Å²) >= 11 is 0. The van der Waals surface area contributed by atoms with Crippen LogP contribution < -0.4 is 5.32 Å². The van der Waals surface area contributed by atoms with Crippen LogP contribution >= 0.6 is 0 Å². The van der Waals surface area contributed by atoms with Crippen molar-refractivity contribution in [1.29, 1.82) is 0 Å². The van der Waals surface area contributed by atoms with Crippen LogP contribution in [0.15, 0.2) is 30.3 Å². The van der Waals surface area contributed by atoms with Crippen LogP contribution in [0.4, 0.5) is 0 Å². The quantitative estimate of drug-likeness (QED) is 0.826. The second-order valence-corrected chi connectivity index (χ2v) is 6.96. The Hall–Kier alpha value is -2.37. The molecular weight excluding hydrogens is 320 g/mol. The van der Waals surface area contributed by atoms with Crippen LogP contribution in [-0.4, -0.2) is 40.9 Å². The summed E-state index contributed by atoms with van der Waals surface area (Å²) in [6, 6.07) is 9.37. The summed E-state index contributed by atoms with van der Waals surface area (Å²) in [5, 5.41) is 12.2. The van der Waals surface area contributed by atoms with Crippen LogP contribution in [0.1, 0.15) is 43.7 Å². The van der Waals surface area contributed by atoms with E-state index < -0.39 is 11.9 Å². The Morgan fingerprint density at radius 3 is 2.52 bits per heavy atom. The maximum atomic E-state index is 12.6. The van der Waals surface area contributed by atoms with Crippen molar-refractivity contribution in [2.24, 2.45) is 11.8 Å². The number of carboxylic acid groups (broad SMARTS) is 1. The van der Waals surface area contributed by atoms with Gasteiger partial charge in [-0.05, 0) is 31.2 Å². The molecule has 1 saturated carbocycles. The van der Waals surface area contributed by atoms with E-state index in [-0.39, 0.29) is 23.8 Å². The number of benzene rings is 1. The highest BCUT2D eigenvalue weighted by Crippen LogP contribution is 2.32. The van der Waals surface area contributed by atoms with E-state index in [1.807, 2.05) is 30.3 Å². The zero-order chi connectivity index (χ0) is 17.8. The van der Waals surface area contributed by atoms with Gasteiger partial charge in [-0.15, -0.1) is 0 Å². The van der Waals surface area contributed by atoms with Gasteiger partial charge < -0.3 is 15.3 Å². The van der Waals surface area contributed by atoms with Crippen LogP contribution in [0, 0.1) is 11.8 Å². The third-order valence-electron chi connectivity index (χ3n) is 5.25. The lowest BCUT2D eigenvalue weighted by Gasteiger charge is -2.26. The molecule has 0 radical (unpaired) electrons. The lowest BCUT2D eigenvalue weighted by Crippen LogP contribution is -2.40. The summed E-state index contributed by atoms with van der Waals surface area (Å²) in [6.07, 6.45) is 2.97. The average Bonchev–Trinajstić information content (AvgIpc) is 3.25. The van der Waals surface area contributed by atoms with Crippen molar-refractivity contribution >= 4 is 17.8 Å². The van der Waals surface area contributed by atoms with E-state index in [1.54, 1.807) is 4.90 Å². The summed E-state index contributed by atoms with van der Waals surface area (Å²) in [7, 11) is 0. The number of nitrogens with one attached hydrogen (secondary N) is 1. The van der Waals surface area contributed by atoms with Gasteiger partial charge in [0.1, 0.15) is 0 Å². The number of aliphatic carboxylic acids is 1. The molecule has 3 atom stereocenters. The van der Waals surface area contributed by atoms with E-state index in [9.17, 15) is 14.4 Å².